The van der Waals surface area contributed by atoms with Crippen LogP contribution >= 0.6 is 0 Å². The maximum Gasteiger partial charge on any atom is 0.247 e. The van der Waals surface area contributed by atoms with Crippen LogP contribution in [-0.4, -0.2) is 99.0 Å². The number of nitrogens with one attached hydrogen (secondary N) is 1. The van der Waals surface area contributed by atoms with Crippen molar-refractivity contribution in [1.82, 2.24) is 5.32 Å². The highest BCUT2D eigenvalue weighted by molar-refractivity contribution is 5.97. The first kappa shape index (κ1) is 31.8. The van der Waals surface area contributed by atoms with Gasteiger partial charge in [0.1, 0.15) is 55.8 Å². The van der Waals surface area contributed by atoms with Crippen molar-refractivity contribution in [3.05, 3.63) is 65.0 Å². The Morgan fingerprint density at radius 2 is 1.75 bits per heavy atom. The number of oxime groups is 1. The second kappa shape index (κ2) is 13.6. The summed E-state index contributed by atoms with van der Waals surface area (Å²) in [4.78, 5) is 18.1. The van der Waals surface area contributed by atoms with E-state index in [4.69, 9.17) is 23.8 Å². The molecule has 44 heavy (non-hydrogen) atoms. The number of rotatable bonds is 9. The van der Waals surface area contributed by atoms with Crippen LogP contribution < -0.4 is 10.1 Å². The maximum absolute atomic E-state index is 13.1. The highest BCUT2D eigenvalue weighted by Crippen LogP contribution is 2.33. The number of amides is 1. The Balaban J connectivity index is 1.15. The largest absolute Gasteiger partial charge is 0.504 e. The van der Waals surface area contributed by atoms with Crippen molar-refractivity contribution in [2.45, 2.75) is 81.9 Å². The highest BCUT2D eigenvalue weighted by atomic mass is 19.1. The molecule has 1 aliphatic carbocycles. The lowest BCUT2D eigenvalue weighted by atomic mass is 9.83. The summed E-state index contributed by atoms with van der Waals surface area (Å²) in [7, 11) is 0. The number of aliphatic hydroxyl groups excluding tert-OH is 4. The van der Waals surface area contributed by atoms with Crippen LogP contribution in [0.25, 0.3) is 6.08 Å². The van der Waals surface area contributed by atoms with Crippen LogP contribution in [0.2, 0.25) is 0 Å². The van der Waals surface area contributed by atoms with Gasteiger partial charge in [-0.2, -0.15) is 0 Å². The molecule has 13 nitrogen and oxygen atoms in total. The lowest BCUT2D eigenvalue weighted by Gasteiger charge is -2.41. The van der Waals surface area contributed by atoms with Crippen LogP contribution in [0.1, 0.15) is 31.4 Å². The smallest absolute Gasteiger partial charge is 0.247 e. The minimum absolute atomic E-state index is 0.0834. The Morgan fingerprint density at radius 3 is 2.45 bits per heavy atom. The third-order valence-corrected chi connectivity index (χ3v) is 7.73. The molecule has 3 aliphatic rings. The first-order valence-electron chi connectivity index (χ1n) is 14.0. The fourth-order valence-corrected chi connectivity index (χ4v) is 5.33. The predicted molar refractivity (Wildman–Crippen MR) is 151 cm³/mol. The monoisotopic (exact) mass is 618 g/mol. The van der Waals surface area contributed by atoms with Gasteiger partial charge in [-0.25, -0.2) is 4.39 Å². The average molecular weight is 619 g/mol. The molecule has 1 amide bonds. The molecule has 6 N–H and O–H groups in total. The third kappa shape index (κ3) is 7.02. The number of phenols is 1. The zero-order valence-corrected chi connectivity index (χ0v) is 23.9. The molecule has 3 fully saturated rings. The third-order valence-electron chi connectivity index (χ3n) is 7.73. The van der Waals surface area contributed by atoms with E-state index in [1.54, 1.807) is 25.1 Å². The highest BCUT2D eigenvalue weighted by Gasteiger charge is 2.53. The van der Waals surface area contributed by atoms with Gasteiger partial charge in [-0.15, -0.1) is 0 Å². The summed E-state index contributed by atoms with van der Waals surface area (Å²) >= 11 is 0. The molecule has 0 bridgehead atoms. The van der Waals surface area contributed by atoms with Gasteiger partial charge in [0.2, 0.25) is 12.2 Å². The fourth-order valence-electron chi connectivity index (χ4n) is 5.33. The number of carbonyl (C=O) groups excluding carboxylic acids is 1. The second-order valence-corrected chi connectivity index (χ2v) is 10.9. The lowest BCUT2D eigenvalue weighted by molar-refractivity contribution is -0.155. The summed E-state index contributed by atoms with van der Waals surface area (Å²) in [5, 5.41) is 58.9. The number of benzene rings is 2. The Bertz CT molecular complexity index is 1390. The van der Waals surface area contributed by atoms with E-state index < -0.39 is 61.0 Å². The van der Waals surface area contributed by atoms with Gasteiger partial charge in [0.15, 0.2) is 11.5 Å². The van der Waals surface area contributed by atoms with E-state index in [-0.39, 0.29) is 42.7 Å². The number of ether oxygens (including phenoxy) is 4. The van der Waals surface area contributed by atoms with E-state index in [0.717, 1.165) is 5.56 Å². The van der Waals surface area contributed by atoms with Crippen molar-refractivity contribution < 1.29 is 58.5 Å². The topological polar surface area (TPSA) is 189 Å². The van der Waals surface area contributed by atoms with Gasteiger partial charge in [-0.3, -0.25) is 4.79 Å². The van der Waals surface area contributed by atoms with Gasteiger partial charge >= 0.3 is 0 Å². The molecule has 0 unspecified atom stereocenters. The fraction of sp³-hybridized carbons (Fsp3) is 0.467. The predicted octanol–water partition coefficient (Wildman–Crippen LogP) is 0.705. The van der Waals surface area contributed by atoms with Gasteiger partial charge in [-0.1, -0.05) is 23.4 Å². The number of aliphatic hydroxyl groups is 4. The molecule has 0 aromatic heterocycles. The van der Waals surface area contributed by atoms with E-state index >= 15 is 0 Å². The van der Waals surface area contributed by atoms with Crippen molar-refractivity contribution in [2.75, 3.05) is 6.79 Å². The van der Waals surface area contributed by atoms with E-state index in [0.29, 0.717) is 11.3 Å². The number of fused-ring (bicyclic) bond motifs is 1. The number of carbonyl (C=O) groups is 1. The molecular formula is C30H35FN2O11. The summed E-state index contributed by atoms with van der Waals surface area (Å²) in [5.41, 5.74) is 1.73. The van der Waals surface area contributed by atoms with Gasteiger partial charge in [0.25, 0.3) is 0 Å². The molecule has 14 heteroatoms. The molecule has 2 heterocycles. The van der Waals surface area contributed by atoms with Gasteiger partial charge in [0.05, 0.1) is 17.9 Å². The minimum atomic E-state index is -1.48. The number of hydrogen-bond donors (Lipinski definition) is 6. The molecule has 0 spiro atoms. The maximum atomic E-state index is 13.1. The SMILES string of the molecule is CC(=Cc1ccc(O[C@@H]2C[C@H](O)[C@@H](C(C)=NOCc3ccc(F)cc3)O2)c(O)c1)C(=O)N[C@@H]1[C@H](O)[C@@H](O)[C@H]2OCO[C@H]2[C@@H]1O. The first-order valence-corrected chi connectivity index (χ1v) is 14.0. The molecule has 2 aromatic carbocycles. The summed E-state index contributed by atoms with van der Waals surface area (Å²) < 4.78 is 35.1. The van der Waals surface area contributed by atoms with Crippen LogP contribution in [-0.2, 0) is 30.4 Å². The van der Waals surface area contributed by atoms with E-state index in [2.05, 4.69) is 10.5 Å². The number of phenolic OH excluding ortho intramolecular Hbond substituents is 1. The van der Waals surface area contributed by atoms with Crippen molar-refractivity contribution >= 4 is 17.7 Å². The van der Waals surface area contributed by atoms with Crippen LogP contribution in [0, 0.1) is 5.82 Å². The Morgan fingerprint density at radius 1 is 1.05 bits per heavy atom. The zero-order chi connectivity index (χ0) is 31.5. The number of halogens is 1. The van der Waals surface area contributed by atoms with Gasteiger partial charge < -0.3 is 54.6 Å². The molecule has 1 saturated carbocycles. The molecular weight excluding hydrogens is 583 g/mol. The summed E-state index contributed by atoms with van der Waals surface area (Å²) in [5.74, 6) is -1.13. The number of aromatic hydroxyl groups is 1. The van der Waals surface area contributed by atoms with Crippen LogP contribution in [0.4, 0.5) is 4.39 Å². The molecule has 2 saturated heterocycles. The molecule has 2 aliphatic heterocycles. The Hall–Kier alpha value is -3.63. The summed E-state index contributed by atoms with van der Waals surface area (Å²) in [6.45, 7) is 3.10. The van der Waals surface area contributed by atoms with Crippen LogP contribution in [0.5, 0.6) is 11.5 Å². The second-order valence-electron chi connectivity index (χ2n) is 10.9. The first-order chi connectivity index (χ1) is 21.0. The van der Waals surface area contributed by atoms with Crippen molar-refractivity contribution in [2.24, 2.45) is 5.16 Å². The van der Waals surface area contributed by atoms with E-state index in [1.165, 1.54) is 37.3 Å². The number of nitrogens with zero attached hydrogens (tertiary/aromatic N) is 1. The van der Waals surface area contributed by atoms with E-state index in [9.17, 15) is 34.7 Å². The van der Waals surface area contributed by atoms with Crippen molar-refractivity contribution in [3.63, 3.8) is 0 Å². The Kier molecular flexibility index (Phi) is 9.80. The molecule has 2 aromatic rings. The zero-order valence-electron chi connectivity index (χ0n) is 23.9. The van der Waals surface area contributed by atoms with E-state index in [1.807, 2.05) is 0 Å². The van der Waals surface area contributed by atoms with Gasteiger partial charge in [-0.05, 0) is 55.3 Å². The molecule has 9 atom stereocenters. The minimum Gasteiger partial charge on any atom is -0.504 e. The Labute approximate surface area is 252 Å². The molecule has 238 valence electrons. The molecule has 0 radical (unpaired) electrons. The number of hydrogen-bond acceptors (Lipinski definition) is 12. The average Bonchev–Trinajstić information content (AvgIpc) is 3.63. The van der Waals surface area contributed by atoms with Crippen LogP contribution in [0.3, 0.4) is 0 Å². The molecule has 5 rings (SSSR count). The van der Waals surface area contributed by atoms with Gasteiger partial charge in [0, 0.05) is 12.0 Å². The summed E-state index contributed by atoms with van der Waals surface area (Å²) in [6.07, 6.45) is -7.01. The quantitative estimate of drug-likeness (QED) is 0.132. The van der Waals surface area contributed by atoms with Crippen molar-refractivity contribution in [1.29, 1.82) is 0 Å². The summed E-state index contributed by atoms with van der Waals surface area (Å²) in [6, 6.07) is 9.01. The normalized spacial score (nSPS) is 32.3. The lowest BCUT2D eigenvalue weighted by Crippen LogP contribution is -2.67. The van der Waals surface area contributed by atoms with Crippen LogP contribution in [0.15, 0.2) is 53.2 Å². The van der Waals surface area contributed by atoms with Crippen molar-refractivity contribution in [3.8, 4) is 11.5 Å². The standard InChI is InChI=1S/C30H35FN2O11/c1-14(30(39)32-23-24(36)26(38)29-28(25(23)37)40-13-41-29)9-17-5-8-21(19(34)10-17)43-22-11-20(35)27(44-22)15(2)33-42-12-16-3-6-18(31)7-4-16/h3-10,20,22-29,34-38H,11-13H2,1-2H3,(H,32,39)/t20-,22-,23+,24-,25+,26+,27+,28-,29+/m0/s1.